The van der Waals surface area contributed by atoms with E-state index in [0.717, 1.165) is 28.2 Å². The number of halogens is 1. The Bertz CT molecular complexity index is 871. The van der Waals surface area contributed by atoms with E-state index in [-0.39, 0.29) is 18.6 Å². The molecule has 0 spiro atoms. The number of ether oxygens (including phenoxy) is 3. The zero-order chi connectivity index (χ0) is 20.5. The first-order chi connectivity index (χ1) is 13.2. The number of benzene rings is 2. The number of rotatable bonds is 5. The van der Waals surface area contributed by atoms with Crippen molar-refractivity contribution < 1.29 is 19.0 Å². The van der Waals surface area contributed by atoms with Crippen LogP contribution in [0.1, 0.15) is 43.0 Å². The van der Waals surface area contributed by atoms with Crippen molar-refractivity contribution in [3.05, 3.63) is 52.0 Å². The Morgan fingerprint density at radius 2 is 1.89 bits per heavy atom. The molecule has 2 aromatic rings. The van der Waals surface area contributed by atoms with Crippen LogP contribution >= 0.6 is 11.6 Å². The molecule has 0 radical (unpaired) electrons. The standard InChI is InChI=1S/C22H26ClNO4/c1-13-8-16(9-14(2)21(13)23)27-12-20(25)24-18-11-22(3,4)28-19-10-15(26-5)6-7-17(18)19/h6-10,18H,11-12H2,1-5H3,(H,24,25)/t18-/m1/s1. The molecule has 0 bridgehead atoms. The second-order valence-electron chi connectivity index (χ2n) is 7.75. The molecular formula is C22H26ClNO4. The van der Waals surface area contributed by atoms with Gasteiger partial charge in [0.25, 0.3) is 5.91 Å². The van der Waals surface area contributed by atoms with Crippen molar-refractivity contribution >= 4 is 17.5 Å². The Kier molecular flexibility index (Phi) is 5.75. The molecule has 1 aliphatic heterocycles. The summed E-state index contributed by atoms with van der Waals surface area (Å²) in [6, 6.07) is 9.17. The number of nitrogens with one attached hydrogen (secondary N) is 1. The number of carbonyl (C=O) groups excluding carboxylic acids is 1. The number of amides is 1. The molecule has 0 fully saturated rings. The fourth-order valence-corrected chi connectivity index (χ4v) is 3.57. The molecule has 1 atom stereocenters. The van der Waals surface area contributed by atoms with Gasteiger partial charge in [-0.05, 0) is 63.1 Å². The first kappa shape index (κ1) is 20.3. The van der Waals surface area contributed by atoms with E-state index < -0.39 is 5.60 Å². The summed E-state index contributed by atoms with van der Waals surface area (Å²) in [5.41, 5.74) is 2.38. The lowest BCUT2D eigenvalue weighted by Gasteiger charge is -2.38. The minimum atomic E-state index is -0.400. The zero-order valence-corrected chi connectivity index (χ0v) is 17.6. The quantitative estimate of drug-likeness (QED) is 0.781. The van der Waals surface area contributed by atoms with Crippen LogP contribution < -0.4 is 19.5 Å². The summed E-state index contributed by atoms with van der Waals surface area (Å²) in [6.07, 6.45) is 0.664. The summed E-state index contributed by atoms with van der Waals surface area (Å²) >= 11 is 6.18. The van der Waals surface area contributed by atoms with Crippen molar-refractivity contribution in [2.45, 2.75) is 45.8 Å². The number of methoxy groups -OCH3 is 1. The molecule has 0 aliphatic carbocycles. The van der Waals surface area contributed by atoms with Crippen LogP contribution in [0.25, 0.3) is 0 Å². The largest absolute Gasteiger partial charge is 0.497 e. The highest BCUT2D eigenvalue weighted by Crippen LogP contribution is 2.41. The highest BCUT2D eigenvalue weighted by molar-refractivity contribution is 6.32. The van der Waals surface area contributed by atoms with Crippen LogP contribution in [0.4, 0.5) is 0 Å². The minimum Gasteiger partial charge on any atom is -0.497 e. The summed E-state index contributed by atoms with van der Waals surface area (Å²) in [5.74, 6) is 1.89. The fourth-order valence-electron chi connectivity index (χ4n) is 3.46. The Hall–Kier alpha value is -2.40. The Labute approximate surface area is 170 Å². The molecule has 1 aliphatic rings. The van der Waals surface area contributed by atoms with Crippen LogP contribution in [-0.4, -0.2) is 25.2 Å². The zero-order valence-electron chi connectivity index (χ0n) is 16.9. The molecule has 28 heavy (non-hydrogen) atoms. The Morgan fingerprint density at radius 3 is 2.54 bits per heavy atom. The molecule has 1 amide bonds. The van der Waals surface area contributed by atoms with E-state index in [0.29, 0.717) is 17.2 Å². The van der Waals surface area contributed by atoms with Crippen LogP contribution in [0.2, 0.25) is 5.02 Å². The lowest BCUT2D eigenvalue weighted by Crippen LogP contribution is -2.42. The number of hydrogen-bond donors (Lipinski definition) is 1. The van der Waals surface area contributed by atoms with Crippen LogP contribution in [-0.2, 0) is 4.79 Å². The van der Waals surface area contributed by atoms with Gasteiger partial charge in [0.15, 0.2) is 6.61 Å². The molecule has 0 saturated heterocycles. The number of fused-ring (bicyclic) bond motifs is 1. The molecule has 2 aromatic carbocycles. The van der Waals surface area contributed by atoms with Gasteiger partial charge in [0.1, 0.15) is 22.8 Å². The van der Waals surface area contributed by atoms with Crippen molar-refractivity contribution in [3.8, 4) is 17.2 Å². The summed E-state index contributed by atoms with van der Waals surface area (Å²) in [5, 5.41) is 3.78. The van der Waals surface area contributed by atoms with Crippen LogP contribution in [0.15, 0.2) is 30.3 Å². The van der Waals surface area contributed by atoms with Gasteiger partial charge in [0.2, 0.25) is 0 Å². The molecule has 1 N–H and O–H groups in total. The maximum Gasteiger partial charge on any atom is 0.258 e. The van der Waals surface area contributed by atoms with Gasteiger partial charge in [-0.1, -0.05) is 11.6 Å². The van der Waals surface area contributed by atoms with E-state index in [2.05, 4.69) is 5.32 Å². The lowest BCUT2D eigenvalue weighted by molar-refractivity contribution is -0.124. The Balaban J connectivity index is 1.70. The number of aryl methyl sites for hydroxylation is 2. The first-order valence-corrected chi connectivity index (χ1v) is 9.62. The molecule has 6 heteroatoms. The third kappa shape index (κ3) is 4.53. The number of hydrogen-bond acceptors (Lipinski definition) is 4. The first-order valence-electron chi connectivity index (χ1n) is 9.24. The maximum absolute atomic E-state index is 12.5. The van der Waals surface area contributed by atoms with Gasteiger partial charge >= 0.3 is 0 Å². The maximum atomic E-state index is 12.5. The molecule has 1 heterocycles. The monoisotopic (exact) mass is 403 g/mol. The van der Waals surface area contributed by atoms with Crippen LogP contribution in [0, 0.1) is 13.8 Å². The SMILES string of the molecule is COc1ccc2c(c1)OC(C)(C)C[C@H]2NC(=O)COc1cc(C)c(Cl)c(C)c1. The van der Waals surface area contributed by atoms with Crippen molar-refractivity contribution in [1.82, 2.24) is 5.32 Å². The van der Waals surface area contributed by atoms with Gasteiger partial charge < -0.3 is 19.5 Å². The normalized spacial score (nSPS) is 17.3. The summed E-state index contributed by atoms with van der Waals surface area (Å²) in [6.45, 7) is 7.77. The fraction of sp³-hybridized carbons (Fsp3) is 0.409. The van der Waals surface area contributed by atoms with E-state index in [9.17, 15) is 4.79 Å². The van der Waals surface area contributed by atoms with E-state index in [1.165, 1.54) is 0 Å². The van der Waals surface area contributed by atoms with Crippen molar-refractivity contribution in [1.29, 1.82) is 0 Å². The number of carbonyl (C=O) groups is 1. The predicted molar refractivity (Wildman–Crippen MR) is 110 cm³/mol. The van der Waals surface area contributed by atoms with Gasteiger partial charge in [0.05, 0.1) is 13.2 Å². The highest BCUT2D eigenvalue weighted by atomic mass is 35.5. The molecular weight excluding hydrogens is 378 g/mol. The van der Waals surface area contributed by atoms with Crippen molar-refractivity contribution in [3.63, 3.8) is 0 Å². The topological polar surface area (TPSA) is 56.8 Å². The van der Waals surface area contributed by atoms with Gasteiger partial charge in [-0.15, -0.1) is 0 Å². The lowest BCUT2D eigenvalue weighted by atomic mass is 9.89. The minimum absolute atomic E-state index is 0.0657. The molecule has 0 aromatic heterocycles. The summed E-state index contributed by atoms with van der Waals surface area (Å²) < 4.78 is 17.0. The van der Waals surface area contributed by atoms with Crippen LogP contribution in [0.3, 0.4) is 0 Å². The molecule has 0 saturated carbocycles. The summed E-state index contributed by atoms with van der Waals surface area (Å²) in [7, 11) is 1.62. The second kappa shape index (κ2) is 7.92. The molecule has 0 unspecified atom stereocenters. The average molecular weight is 404 g/mol. The van der Waals surface area contributed by atoms with Gasteiger partial charge in [0, 0.05) is 23.1 Å². The highest BCUT2D eigenvalue weighted by Gasteiger charge is 2.34. The van der Waals surface area contributed by atoms with Crippen molar-refractivity contribution in [2.75, 3.05) is 13.7 Å². The third-order valence-electron chi connectivity index (χ3n) is 4.79. The van der Waals surface area contributed by atoms with Gasteiger partial charge in [-0.3, -0.25) is 4.79 Å². The van der Waals surface area contributed by atoms with Crippen molar-refractivity contribution in [2.24, 2.45) is 0 Å². The van der Waals surface area contributed by atoms with E-state index in [1.54, 1.807) is 7.11 Å². The predicted octanol–water partition coefficient (Wildman–Crippen LogP) is 4.76. The van der Waals surface area contributed by atoms with Crippen LogP contribution in [0.5, 0.6) is 17.2 Å². The van der Waals surface area contributed by atoms with E-state index in [4.69, 9.17) is 25.8 Å². The average Bonchev–Trinajstić information content (AvgIpc) is 2.62. The van der Waals surface area contributed by atoms with E-state index >= 15 is 0 Å². The molecule has 5 nitrogen and oxygen atoms in total. The van der Waals surface area contributed by atoms with Gasteiger partial charge in [-0.25, -0.2) is 0 Å². The summed E-state index contributed by atoms with van der Waals surface area (Å²) in [4.78, 5) is 12.5. The Morgan fingerprint density at radius 1 is 1.21 bits per heavy atom. The van der Waals surface area contributed by atoms with E-state index in [1.807, 2.05) is 58.0 Å². The molecule has 3 rings (SSSR count). The molecule has 150 valence electrons. The third-order valence-corrected chi connectivity index (χ3v) is 5.39. The second-order valence-corrected chi connectivity index (χ2v) is 8.13. The van der Waals surface area contributed by atoms with Gasteiger partial charge in [-0.2, -0.15) is 0 Å². The smallest absolute Gasteiger partial charge is 0.258 e.